The topological polar surface area (TPSA) is 45.4 Å². The summed E-state index contributed by atoms with van der Waals surface area (Å²) in [5.41, 5.74) is 0.975. The summed E-state index contributed by atoms with van der Waals surface area (Å²) >= 11 is 0. The fraction of sp³-hybridized carbons (Fsp3) is 0.429. The molecule has 0 amide bonds. The van der Waals surface area contributed by atoms with Crippen molar-refractivity contribution in [3.63, 3.8) is 0 Å². The van der Waals surface area contributed by atoms with Crippen molar-refractivity contribution < 1.29 is 14.4 Å². The lowest BCUT2D eigenvalue weighted by Gasteiger charge is -2.38. The molecule has 0 radical (unpaired) electrons. The van der Waals surface area contributed by atoms with Crippen LogP contribution in [0.2, 0.25) is 18.1 Å². The fourth-order valence-electron chi connectivity index (χ4n) is 2.29. The Hall–Kier alpha value is -1.11. The molecule has 0 spiro atoms. The van der Waals surface area contributed by atoms with E-state index in [-0.39, 0.29) is 10.5 Å². The van der Waals surface area contributed by atoms with Crippen molar-refractivity contribution in [3.8, 4) is 0 Å². The lowest BCUT2D eigenvalue weighted by molar-refractivity contribution is 0.426. The molecule has 2 aromatic rings. The summed E-state index contributed by atoms with van der Waals surface area (Å²) in [5, 5.41) is 19.4. The first-order valence-electron chi connectivity index (χ1n) is 6.73. The normalized spacial score (nSPS) is 13.0. The Morgan fingerprint density at radius 2 is 1.80 bits per heavy atom. The molecule has 0 aliphatic rings. The Bertz CT molecular complexity index is 646. The van der Waals surface area contributed by atoms with Crippen molar-refractivity contribution in [2.24, 2.45) is 0 Å². The summed E-state index contributed by atoms with van der Waals surface area (Å²) in [5.74, 6) is -0.414. The molecule has 0 fully saturated rings. The molecule has 0 saturated carbocycles. The summed E-state index contributed by atoms with van der Waals surface area (Å²) < 4.78 is 16.2. The van der Waals surface area contributed by atoms with Gasteiger partial charge in [0.15, 0.2) is 8.24 Å². The van der Waals surface area contributed by atoms with E-state index in [1.807, 2.05) is 6.07 Å². The van der Waals surface area contributed by atoms with E-state index in [0.717, 1.165) is 5.52 Å². The Morgan fingerprint density at radius 1 is 1.20 bits per heavy atom. The minimum Gasteiger partial charge on any atom is -0.423 e. The number of hydrogen-bond acceptors (Lipinski definition) is 2. The predicted octanol–water partition coefficient (Wildman–Crippen LogP) is 2.31. The molecule has 2 N–H and O–H groups in total. The number of halogens is 1. The summed E-state index contributed by atoms with van der Waals surface area (Å²) in [6.45, 7) is 10.9. The zero-order chi connectivity index (χ0) is 15.3. The van der Waals surface area contributed by atoms with Gasteiger partial charge in [0.2, 0.25) is 0 Å². The van der Waals surface area contributed by atoms with E-state index >= 15 is 0 Å². The quantitative estimate of drug-likeness (QED) is 0.835. The van der Waals surface area contributed by atoms with Gasteiger partial charge in [0, 0.05) is 16.4 Å². The summed E-state index contributed by atoms with van der Waals surface area (Å²) in [6, 6.07) is 4.85. The average molecular weight is 293 g/mol. The first-order valence-corrected chi connectivity index (χ1v) is 9.68. The zero-order valence-corrected chi connectivity index (χ0v) is 13.6. The lowest BCUT2D eigenvalue weighted by atomic mass is 9.80. The van der Waals surface area contributed by atoms with Crippen LogP contribution in [-0.2, 0) is 0 Å². The van der Waals surface area contributed by atoms with Crippen molar-refractivity contribution in [2.75, 3.05) is 0 Å². The van der Waals surface area contributed by atoms with Crippen LogP contribution in [0, 0.1) is 5.82 Å². The molecule has 0 aliphatic carbocycles. The molecule has 0 unspecified atom stereocenters. The Balaban J connectivity index is 2.83. The van der Waals surface area contributed by atoms with Gasteiger partial charge in [-0.05, 0) is 23.4 Å². The molecule has 1 heterocycles. The first-order chi connectivity index (χ1) is 9.07. The van der Waals surface area contributed by atoms with E-state index in [2.05, 4.69) is 38.1 Å². The van der Waals surface area contributed by atoms with E-state index in [1.54, 1.807) is 12.3 Å². The molecule has 6 heteroatoms. The summed E-state index contributed by atoms with van der Waals surface area (Å²) in [7, 11) is -3.63. The predicted molar refractivity (Wildman–Crippen MR) is 84.3 cm³/mol. The van der Waals surface area contributed by atoms with E-state index in [1.165, 1.54) is 6.07 Å². The number of rotatable bonds is 2. The van der Waals surface area contributed by atoms with Crippen LogP contribution >= 0.6 is 0 Å². The van der Waals surface area contributed by atoms with E-state index in [4.69, 9.17) is 0 Å². The molecule has 1 aromatic heterocycles. The van der Waals surface area contributed by atoms with Gasteiger partial charge < -0.3 is 14.3 Å². The molecule has 0 bridgehead atoms. The number of benzene rings is 1. The summed E-state index contributed by atoms with van der Waals surface area (Å²) in [4.78, 5) is 0. The number of aromatic nitrogens is 1. The third kappa shape index (κ3) is 2.21. The standard InChI is InChI=1S/C14H21BFNO2Si/c1-14(2,3)20(4,5)17-9-10(15(18)19)13-11(16)7-6-8-12(13)17/h6-9,18-19H,1-5H3. The Kier molecular flexibility index (Phi) is 3.61. The van der Waals surface area contributed by atoms with Crippen LogP contribution < -0.4 is 5.46 Å². The van der Waals surface area contributed by atoms with Gasteiger partial charge in [-0.1, -0.05) is 39.9 Å². The second kappa shape index (κ2) is 4.72. The minimum atomic E-state index is -1.97. The van der Waals surface area contributed by atoms with Gasteiger partial charge >= 0.3 is 7.12 Å². The maximum atomic E-state index is 14.1. The SMILES string of the molecule is CC(C)(C)[Si](C)(C)n1cc(B(O)O)c2c(F)cccc21. The molecule has 20 heavy (non-hydrogen) atoms. The molecule has 3 nitrogen and oxygen atoms in total. The monoisotopic (exact) mass is 293 g/mol. The molecule has 0 atom stereocenters. The maximum Gasteiger partial charge on any atom is 0.490 e. The maximum absolute atomic E-state index is 14.1. The van der Waals surface area contributed by atoms with Crippen LogP contribution in [0.25, 0.3) is 10.9 Å². The smallest absolute Gasteiger partial charge is 0.423 e. The highest BCUT2D eigenvalue weighted by Crippen LogP contribution is 2.38. The summed E-state index contributed by atoms with van der Waals surface area (Å²) in [6.07, 6.45) is 1.70. The van der Waals surface area contributed by atoms with Crippen LogP contribution in [-0.4, -0.2) is 29.6 Å². The van der Waals surface area contributed by atoms with Crippen LogP contribution in [0.4, 0.5) is 4.39 Å². The first kappa shape index (κ1) is 15.3. The Labute approximate surface area is 120 Å². The van der Waals surface area contributed by atoms with Crippen LogP contribution in [0.3, 0.4) is 0 Å². The van der Waals surface area contributed by atoms with Crippen molar-refractivity contribution in [1.29, 1.82) is 0 Å². The van der Waals surface area contributed by atoms with Crippen molar-refractivity contribution in [2.45, 2.75) is 38.9 Å². The lowest BCUT2D eigenvalue weighted by Crippen LogP contribution is -2.45. The zero-order valence-electron chi connectivity index (χ0n) is 12.6. The largest absolute Gasteiger partial charge is 0.490 e. The van der Waals surface area contributed by atoms with Gasteiger partial charge in [-0.25, -0.2) is 4.39 Å². The molecule has 108 valence electrons. The molecular weight excluding hydrogens is 272 g/mol. The third-order valence-electron chi connectivity index (χ3n) is 4.52. The average Bonchev–Trinajstić information content (AvgIpc) is 2.68. The van der Waals surface area contributed by atoms with Gasteiger partial charge in [0.1, 0.15) is 5.82 Å². The van der Waals surface area contributed by atoms with E-state index in [0.29, 0.717) is 5.39 Å². The number of nitrogens with zero attached hydrogens (tertiary/aromatic N) is 1. The highest BCUT2D eigenvalue weighted by atomic mass is 28.3. The van der Waals surface area contributed by atoms with Gasteiger partial charge in [-0.2, -0.15) is 0 Å². The molecule has 0 aliphatic heterocycles. The van der Waals surface area contributed by atoms with Crippen LogP contribution in [0.1, 0.15) is 20.8 Å². The third-order valence-corrected chi connectivity index (χ3v) is 9.77. The fourth-order valence-corrected chi connectivity index (χ4v) is 4.27. The molecule has 1 aromatic carbocycles. The van der Waals surface area contributed by atoms with Crippen molar-refractivity contribution >= 4 is 31.7 Å². The van der Waals surface area contributed by atoms with E-state index in [9.17, 15) is 14.4 Å². The van der Waals surface area contributed by atoms with Gasteiger partial charge in [0.05, 0.1) is 0 Å². The minimum absolute atomic E-state index is 0.0585. The van der Waals surface area contributed by atoms with Crippen molar-refractivity contribution in [1.82, 2.24) is 4.23 Å². The number of fused-ring (bicyclic) bond motifs is 1. The van der Waals surface area contributed by atoms with Gasteiger partial charge in [-0.3, -0.25) is 0 Å². The van der Waals surface area contributed by atoms with Gasteiger partial charge in [0.25, 0.3) is 0 Å². The second-order valence-electron chi connectivity index (χ2n) is 6.77. The van der Waals surface area contributed by atoms with E-state index < -0.39 is 21.2 Å². The highest BCUT2D eigenvalue weighted by molar-refractivity contribution is 6.79. The number of hydrogen-bond donors (Lipinski definition) is 2. The van der Waals surface area contributed by atoms with Crippen LogP contribution in [0.5, 0.6) is 0 Å². The molecule has 2 rings (SSSR count). The second-order valence-corrected chi connectivity index (χ2v) is 11.9. The Morgan fingerprint density at radius 3 is 2.30 bits per heavy atom. The van der Waals surface area contributed by atoms with Crippen molar-refractivity contribution in [3.05, 3.63) is 30.2 Å². The highest BCUT2D eigenvalue weighted by Gasteiger charge is 2.39. The van der Waals surface area contributed by atoms with Gasteiger partial charge in [-0.15, -0.1) is 0 Å². The van der Waals surface area contributed by atoms with Crippen LogP contribution in [0.15, 0.2) is 24.4 Å². The molecule has 0 saturated heterocycles. The molecular formula is C14H21BFNO2Si.